The van der Waals surface area contributed by atoms with E-state index in [1.165, 1.54) is 25.0 Å². The van der Waals surface area contributed by atoms with Crippen molar-refractivity contribution in [3.05, 3.63) is 35.6 Å². The number of carbonyl (C=O) groups excluding carboxylic acids is 2. The van der Waals surface area contributed by atoms with Crippen LogP contribution in [0.3, 0.4) is 0 Å². The Labute approximate surface area is 160 Å². The lowest BCUT2D eigenvalue weighted by atomic mass is 9.89. The Morgan fingerprint density at radius 1 is 1.15 bits per heavy atom. The number of hydrogen-bond donors (Lipinski definition) is 1. The normalized spacial score (nSPS) is 19.7. The van der Waals surface area contributed by atoms with Gasteiger partial charge in [-0.15, -0.1) is 0 Å². The summed E-state index contributed by atoms with van der Waals surface area (Å²) in [7, 11) is 0. The Bertz CT molecular complexity index is 635. The number of likely N-dealkylation sites (tertiary alicyclic amines) is 1. The monoisotopic (exact) mass is 376 g/mol. The average Bonchev–Trinajstić information content (AvgIpc) is 3.21. The molecule has 1 aliphatic heterocycles. The minimum atomic E-state index is -0.300. The van der Waals surface area contributed by atoms with Crippen molar-refractivity contribution in [3.63, 3.8) is 0 Å². The first-order valence-corrected chi connectivity index (χ1v) is 10.1. The molecule has 1 aliphatic carbocycles. The molecule has 0 aromatic heterocycles. The highest BCUT2D eigenvalue weighted by Gasteiger charge is 2.32. The van der Waals surface area contributed by atoms with Crippen molar-refractivity contribution in [2.24, 2.45) is 11.8 Å². The second kappa shape index (κ2) is 9.20. The highest BCUT2D eigenvalue weighted by Crippen LogP contribution is 2.36. The molecule has 1 saturated carbocycles. The molecule has 0 spiro atoms. The van der Waals surface area contributed by atoms with Gasteiger partial charge < -0.3 is 15.0 Å². The molecule has 0 unspecified atom stereocenters. The van der Waals surface area contributed by atoms with Crippen LogP contribution in [0.4, 0.5) is 9.18 Å². The fraction of sp³-hybridized carbons (Fsp3) is 0.619. The van der Waals surface area contributed by atoms with Gasteiger partial charge in [-0.2, -0.15) is 0 Å². The molecule has 1 saturated heterocycles. The topological polar surface area (TPSA) is 58.6 Å². The van der Waals surface area contributed by atoms with E-state index in [4.69, 9.17) is 4.74 Å². The van der Waals surface area contributed by atoms with Crippen molar-refractivity contribution < 1.29 is 18.7 Å². The molecule has 2 aliphatic rings. The number of nitrogens with zero attached hydrogens (tertiary/aromatic N) is 1. The standard InChI is InChI=1S/C21H29FN2O3/c1-2-27-21(26)24-13-11-17(12-14-24)20(25)23-19(15-5-3-4-6-15)16-7-9-18(22)10-8-16/h7-10,15,17,19H,2-6,11-14H2,1H3,(H,23,25)/t19-/m0/s1. The fourth-order valence-electron chi connectivity index (χ4n) is 4.24. The van der Waals surface area contributed by atoms with Gasteiger partial charge in [0, 0.05) is 19.0 Å². The maximum absolute atomic E-state index is 13.3. The molecule has 2 amide bonds. The number of hydrogen-bond acceptors (Lipinski definition) is 3. The molecule has 1 aromatic carbocycles. The van der Waals surface area contributed by atoms with Crippen LogP contribution >= 0.6 is 0 Å². The van der Waals surface area contributed by atoms with E-state index >= 15 is 0 Å². The maximum Gasteiger partial charge on any atom is 0.409 e. The van der Waals surface area contributed by atoms with Crippen molar-refractivity contribution in [1.29, 1.82) is 0 Å². The Morgan fingerprint density at radius 2 is 1.78 bits per heavy atom. The van der Waals surface area contributed by atoms with E-state index in [2.05, 4.69) is 5.32 Å². The molecule has 1 heterocycles. The Morgan fingerprint density at radius 3 is 2.37 bits per heavy atom. The lowest BCUT2D eigenvalue weighted by Crippen LogP contribution is -2.44. The first kappa shape index (κ1) is 19.6. The number of carbonyl (C=O) groups is 2. The van der Waals surface area contributed by atoms with Crippen molar-refractivity contribution >= 4 is 12.0 Å². The van der Waals surface area contributed by atoms with Crippen LogP contribution in [-0.4, -0.2) is 36.6 Å². The van der Waals surface area contributed by atoms with Gasteiger partial charge in [-0.25, -0.2) is 9.18 Å². The maximum atomic E-state index is 13.3. The Balaban J connectivity index is 1.61. The summed E-state index contributed by atoms with van der Waals surface area (Å²) in [6.07, 6.45) is 5.52. The van der Waals surface area contributed by atoms with E-state index < -0.39 is 0 Å². The third-order valence-corrected chi connectivity index (χ3v) is 5.79. The van der Waals surface area contributed by atoms with E-state index in [9.17, 15) is 14.0 Å². The number of benzene rings is 1. The van der Waals surface area contributed by atoms with Crippen molar-refractivity contribution in [1.82, 2.24) is 10.2 Å². The molecule has 5 nitrogen and oxygen atoms in total. The van der Waals surface area contributed by atoms with Gasteiger partial charge in [0.25, 0.3) is 0 Å². The van der Waals surface area contributed by atoms with Crippen LogP contribution < -0.4 is 5.32 Å². The predicted octanol–water partition coefficient (Wildman–Crippen LogP) is 4.04. The highest BCUT2D eigenvalue weighted by atomic mass is 19.1. The summed E-state index contributed by atoms with van der Waals surface area (Å²) in [5.74, 6) is 0.0837. The zero-order valence-corrected chi connectivity index (χ0v) is 16.0. The first-order valence-electron chi connectivity index (χ1n) is 10.1. The molecule has 0 bridgehead atoms. The van der Waals surface area contributed by atoms with Crippen molar-refractivity contribution in [3.8, 4) is 0 Å². The van der Waals surface area contributed by atoms with Gasteiger partial charge in [0.1, 0.15) is 5.82 Å². The van der Waals surface area contributed by atoms with E-state index in [0.29, 0.717) is 38.5 Å². The summed E-state index contributed by atoms with van der Waals surface area (Å²) in [4.78, 5) is 26.4. The second-order valence-corrected chi connectivity index (χ2v) is 7.54. The summed E-state index contributed by atoms with van der Waals surface area (Å²) in [6.45, 7) is 3.24. The smallest absolute Gasteiger partial charge is 0.409 e. The number of rotatable bonds is 5. The van der Waals surface area contributed by atoms with Crippen LogP contribution in [0, 0.1) is 17.7 Å². The number of nitrogens with one attached hydrogen (secondary N) is 1. The van der Waals surface area contributed by atoms with E-state index in [1.54, 1.807) is 24.0 Å². The molecular formula is C21H29FN2O3. The lowest BCUT2D eigenvalue weighted by molar-refractivity contribution is -0.127. The SMILES string of the molecule is CCOC(=O)N1CCC(C(=O)N[C@H](c2ccc(F)cc2)C2CCCC2)CC1. The van der Waals surface area contributed by atoms with Gasteiger partial charge in [0.15, 0.2) is 0 Å². The molecule has 1 N–H and O–H groups in total. The van der Waals surface area contributed by atoms with Gasteiger partial charge in [-0.3, -0.25) is 4.79 Å². The van der Waals surface area contributed by atoms with E-state index in [1.807, 2.05) is 0 Å². The van der Waals surface area contributed by atoms with Crippen molar-refractivity contribution in [2.75, 3.05) is 19.7 Å². The van der Waals surface area contributed by atoms with Crippen LogP contribution in [0.5, 0.6) is 0 Å². The number of piperidine rings is 1. The summed E-state index contributed by atoms with van der Waals surface area (Å²) in [5.41, 5.74) is 0.973. The Kier molecular flexibility index (Phi) is 6.69. The minimum absolute atomic E-state index is 0.0414. The first-order chi connectivity index (χ1) is 13.1. The molecule has 3 rings (SSSR count). The largest absolute Gasteiger partial charge is 0.450 e. The lowest BCUT2D eigenvalue weighted by Gasteiger charge is -2.32. The summed E-state index contributed by atoms with van der Waals surface area (Å²) in [5, 5.41) is 3.24. The van der Waals surface area contributed by atoms with Gasteiger partial charge in [0.2, 0.25) is 5.91 Å². The molecule has 0 radical (unpaired) electrons. The fourth-order valence-corrected chi connectivity index (χ4v) is 4.24. The summed E-state index contributed by atoms with van der Waals surface area (Å²) >= 11 is 0. The molecular weight excluding hydrogens is 347 g/mol. The molecule has 1 aromatic rings. The minimum Gasteiger partial charge on any atom is -0.450 e. The van der Waals surface area contributed by atoms with Crippen LogP contribution in [-0.2, 0) is 9.53 Å². The van der Waals surface area contributed by atoms with E-state index in [0.717, 1.165) is 18.4 Å². The summed E-state index contributed by atoms with van der Waals surface area (Å²) in [6, 6.07) is 6.41. The van der Waals surface area contributed by atoms with E-state index in [-0.39, 0.29) is 29.8 Å². The second-order valence-electron chi connectivity index (χ2n) is 7.54. The average molecular weight is 376 g/mol. The third kappa shape index (κ3) is 4.99. The number of amides is 2. The number of halogens is 1. The van der Waals surface area contributed by atoms with Crippen molar-refractivity contribution in [2.45, 2.75) is 51.5 Å². The van der Waals surface area contributed by atoms with Gasteiger partial charge in [-0.05, 0) is 56.2 Å². The predicted molar refractivity (Wildman–Crippen MR) is 101 cm³/mol. The third-order valence-electron chi connectivity index (χ3n) is 5.79. The Hall–Kier alpha value is -2.11. The zero-order chi connectivity index (χ0) is 19.2. The van der Waals surface area contributed by atoms with Crippen LogP contribution in [0.25, 0.3) is 0 Å². The highest BCUT2D eigenvalue weighted by molar-refractivity contribution is 5.79. The van der Waals surface area contributed by atoms with Crippen LogP contribution in [0.15, 0.2) is 24.3 Å². The van der Waals surface area contributed by atoms with Gasteiger partial charge in [0.05, 0.1) is 12.6 Å². The van der Waals surface area contributed by atoms with Crippen LogP contribution in [0.1, 0.15) is 57.1 Å². The molecule has 27 heavy (non-hydrogen) atoms. The van der Waals surface area contributed by atoms with Gasteiger partial charge >= 0.3 is 6.09 Å². The van der Waals surface area contributed by atoms with Gasteiger partial charge in [-0.1, -0.05) is 25.0 Å². The zero-order valence-electron chi connectivity index (χ0n) is 16.0. The number of ether oxygens (including phenoxy) is 1. The molecule has 6 heteroatoms. The summed E-state index contributed by atoms with van der Waals surface area (Å²) < 4.78 is 18.3. The molecule has 148 valence electrons. The quantitative estimate of drug-likeness (QED) is 0.844. The van der Waals surface area contributed by atoms with Crippen LogP contribution in [0.2, 0.25) is 0 Å². The molecule has 2 fully saturated rings. The molecule has 1 atom stereocenters.